The third-order valence-electron chi connectivity index (χ3n) is 3.66. The summed E-state index contributed by atoms with van der Waals surface area (Å²) in [5, 5.41) is 3.30. The molecular weight excluding hydrogens is 278 g/mol. The molecule has 6 nitrogen and oxygen atoms in total. The normalized spacial score (nSPS) is 15.0. The molecule has 2 aromatic rings. The van der Waals surface area contributed by atoms with Crippen LogP contribution in [0.4, 0.5) is 17.6 Å². The van der Waals surface area contributed by atoms with Gasteiger partial charge in [-0.1, -0.05) is 17.7 Å². The number of aryl methyl sites for hydroxylation is 3. The van der Waals surface area contributed by atoms with Crippen molar-refractivity contribution >= 4 is 17.6 Å². The standard InChI is InChI=1S/C16H21N5O/c1-11-4-5-14(12(2)10-11)19-15-17-13(3)18-16(20-15)21-6-8-22-9-7-21/h4-5,10H,6-9H2,1-3H3,(H,17,18,19,20). The second kappa shape index (κ2) is 6.27. The van der Waals surface area contributed by atoms with Crippen molar-refractivity contribution in [1.29, 1.82) is 0 Å². The average Bonchev–Trinajstić information content (AvgIpc) is 2.50. The van der Waals surface area contributed by atoms with Crippen molar-refractivity contribution in [3.8, 4) is 0 Å². The molecule has 0 spiro atoms. The molecule has 0 bridgehead atoms. The van der Waals surface area contributed by atoms with Crippen molar-refractivity contribution < 1.29 is 4.74 Å². The third kappa shape index (κ3) is 3.33. The Balaban J connectivity index is 1.85. The van der Waals surface area contributed by atoms with Gasteiger partial charge in [-0.15, -0.1) is 0 Å². The van der Waals surface area contributed by atoms with Crippen LogP contribution in [-0.4, -0.2) is 41.3 Å². The van der Waals surface area contributed by atoms with Crippen molar-refractivity contribution in [2.45, 2.75) is 20.8 Å². The second-order valence-electron chi connectivity index (χ2n) is 5.55. The van der Waals surface area contributed by atoms with E-state index in [1.807, 2.05) is 6.92 Å². The SMILES string of the molecule is Cc1ccc(Nc2nc(C)nc(N3CCOCC3)n2)c(C)c1. The van der Waals surface area contributed by atoms with Gasteiger partial charge in [-0.05, 0) is 32.4 Å². The Labute approximate surface area is 130 Å². The molecule has 1 aromatic carbocycles. The van der Waals surface area contributed by atoms with Crippen molar-refractivity contribution in [2.75, 3.05) is 36.5 Å². The zero-order valence-corrected chi connectivity index (χ0v) is 13.3. The van der Waals surface area contributed by atoms with E-state index in [1.165, 1.54) is 11.1 Å². The predicted molar refractivity (Wildman–Crippen MR) is 86.8 cm³/mol. The van der Waals surface area contributed by atoms with Crippen LogP contribution in [0.15, 0.2) is 18.2 Å². The molecule has 0 aliphatic carbocycles. The minimum absolute atomic E-state index is 0.584. The number of hydrogen-bond donors (Lipinski definition) is 1. The Morgan fingerprint density at radius 3 is 2.55 bits per heavy atom. The fraction of sp³-hybridized carbons (Fsp3) is 0.438. The summed E-state index contributed by atoms with van der Waals surface area (Å²) in [5.41, 5.74) is 3.43. The van der Waals surface area contributed by atoms with E-state index in [9.17, 15) is 0 Å². The molecule has 1 aliphatic rings. The van der Waals surface area contributed by atoms with E-state index >= 15 is 0 Å². The molecule has 116 valence electrons. The quantitative estimate of drug-likeness (QED) is 0.939. The Bertz CT molecular complexity index is 668. The van der Waals surface area contributed by atoms with Gasteiger partial charge in [0.05, 0.1) is 13.2 Å². The number of rotatable bonds is 3. The molecule has 0 radical (unpaired) electrons. The maximum Gasteiger partial charge on any atom is 0.232 e. The van der Waals surface area contributed by atoms with E-state index in [-0.39, 0.29) is 0 Å². The van der Waals surface area contributed by atoms with Crippen LogP contribution < -0.4 is 10.2 Å². The highest BCUT2D eigenvalue weighted by Gasteiger charge is 2.15. The topological polar surface area (TPSA) is 63.2 Å². The van der Waals surface area contributed by atoms with Gasteiger partial charge < -0.3 is 15.0 Å². The summed E-state index contributed by atoms with van der Waals surface area (Å²) >= 11 is 0. The molecule has 1 aromatic heterocycles. The van der Waals surface area contributed by atoms with Crippen LogP contribution in [0.1, 0.15) is 17.0 Å². The van der Waals surface area contributed by atoms with E-state index in [0.29, 0.717) is 30.9 Å². The lowest BCUT2D eigenvalue weighted by Crippen LogP contribution is -2.37. The van der Waals surface area contributed by atoms with Crippen LogP contribution in [0, 0.1) is 20.8 Å². The van der Waals surface area contributed by atoms with E-state index < -0.39 is 0 Å². The number of benzene rings is 1. The Morgan fingerprint density at radius 1 is 1.05 bits per heavy atom. The third-order valence-corrected chi connectivity index (χ3v) is 3.66. The Morgan fingerprint density at radius 2 is 1.82 bits per heavy atom. The first-order valence-corrected chi connectivity index (χ1v) is 7.51. The van der Waals surface area contributed by atoms with Gasteiger partial charge in [-0.2, -0.15) is 15.0 Å². The number of nitrogens with zero attached hydrogens (tertiary/aromatic N) is 4. The summed E-state index contributed by atoms with van der Waals surface area (Å²) in [6.45, 7) is 9.10. The molecule has 1 N–H and O–H groups in total. The molecular formula is C16H21N5O. The zero-order chi connectivity index (χ0) is 15.5. The minimum atomic E-state index is 0.584. The largest absolute Gasteiger partial charge is 0.378 e. The van der Waals surface area contributed by atoms with Crippen molar-refractivity contribution in [1.82, 2.24) is 15.0 Å². The maximum atomic E-state index is 5.38. The van der Waals surface area contributed by atoms with Crippen molar-refractivity contribution in [3.05, 3.63) is 35.2 Å². The maximum absolute atomic E-state index is 5.38. The van der Waals surface area contributed by atoms with Crippen LogP contribution >= 0.6 is 0 Å². The molecule has 0 atom stereocenters. The zero-order valence-electron chi connectivity index (χ0n) is 13.3. The summed E-state index contributed by atoms with van der Waals surface area (Å²) in [4.78, 5) is 15.5. The van der Waals surface area contributed by atoms with E-state index in [1.54, 1.807) is 0 Å². The highest BCUT2D eigenvalue weighted by atomic mass is 16.5. The fourth-order valence-electron chi connectivity index (χ4n) is 2.50. The summed E-state index contributed by atoms with van der Waals surface area (Å²) in [6.07, 6.45) is 0. The Kier molecular flexibility index (Phi) is 4.20. The lowest BCUT2D eigenvalue weighted by Gasteiger charge is -2.27. The van der Waals surface area contributed by atoms with Gasteiger partial charge >= 0.3 is 0 Å². The van der Waals surface area contributed by atoms with Crippen LogP contribution in [0.25, 0.3) is 0 Å². The molecule has 1 aliphatic heterocycles. The molecule has 2 heterocycles. The van der Waals surface area contributed by atoms with E-state index in [4.69, 9.17) is 4.74 Å². The Hall–Kier alpha value is -2.21. The van der Waals surface area contributed by atoms with Crippen LogP contribution in [0.2, 0.25) is 0 Å². The fourth-order valence-corrected chi connectivity index (χ4v) is 2.50. The van der Waals surface area contributed by atoms with Gasteiger partial charge in [0, 0.05) is 18.8 Å². The number of nitrogens with one attached hydrogen (secondary N) is 1. The molecule has 22 heavy (non-hydrogen) atoms. The highest BCUT2D eigenvalue weighted by Crippen LogP contribution is 2.20. The number of anilines is 3. The van der Waals surface area contributed by atoms with Crippen LogP contribution in [0.3, 0.4) is 0 Å². The summed E-state index contributed by atoms with van der Waals surface area (Å²) < 4.78 is 5.38. The van der Waals surface area contributed by atoms with E-state index in [0.717, 1.165) is 18.8 Å². The molecule has 0 amide bonds. The molecule has 6 heteroatoms. The summed E-state index contributed by atoms with van der Waals surface area (Å²) in [6, 6.07) is 6.27. The summed E-state index contributed by atoms with van der Waals surface area (Å²) in [7, 11) is 0. The summed E-state index contributed by atoms with van der Waals surface area (Å²) in [5.74, 6) is 2.01. The minimum Gasteiger partial charge on any atom is -0.378 e. The van der Waals surface area contributed by atoms with Gasteiger partial charge in [0.25, 0.3) is 0 Å². The van der Waals surface area contributed by atoms with Gasteiger partial charge in [0.15, 0.2) is 0 Å². The number of ether oxygens (including phenoxy) is 1. The van der Waals surface area contributed by atoms with Crippen molar-refractivity contribution in [3.63, 3.8) is 0 Å². The first kappa shape index (κ1) is 14.7. The first-order chi connectivity index (χ1) is 10.6. The molecule has 1 fully saturated rings. The van der Waals surface area contributed by atoms with Crippen LogP contribution in [0.5, 0.6) is 0 Å². The van der Waals surface area contributed by atoms with Gasteiger partial charge in [0.1, 0.15) is 5.82 Å². The second-order valence-corrected chi connectivity index (χ2v) is 5.55. The van der Waals surface area contributed by atoms with Gasteiger partial charge in [0.2, 0.25) is 11.9 Å². The van der Waals surface area contributed by atoms with Crippen LogP contribution in [-0.2, 0) is 4.74 Å². The van der Waals surface area contributed by atoms with Gasteiger partial charge in [-0.25, -0.2) is 0 Å². The lowest BCUT2D eigenvalue weighted by atomic mass is 10.1. The monoisotopic (exact) mass is 299 g/mol. The van der Waals surface area contributed by atoms with Gasteiger partial charge in [-0.3, -0.25) is 0 Å². The van der Waals surface area contributed by atoms with E-state index in [2.05, 4.69) is 57.2 Å². The van der Waals surface area contributed by atoms with Crippen molar-refractivity contribution in [2.24, 2.45) is 0 Å². The first-order valence-electron chi connectivity index (χ1n) is 7.51. The predicted octanol–water partition coefficient (Wildman–Crippen LogP) is 2.38. The number of hydrogen-bond acceptors (Lipinski definition) is 6. The molecule has 0 saturated carbocycles. The average molecular weight is 299 g/mol. The number of morpholine rings is 1. The smallest absolute Gasteiger partial charge is 0.232 e. The lowest BCUT2D eigenvalue weighted by molar-refractivity contribution is 0.122. The number of aromatic nitrogens is 3. The highest BCUT2D eigenvalue weighted by molar-refractivity contribution is 5.59. The molecule has 1 saturated heterocycles. The molecule has 0 unspecified atom stereocenters. The molecule has 3 rings (SSSR count).